The molecule has 3 rings (SSSR count). The lowest BCUT2D eigenvalue weighted by atomic mass is 10.1. The summed E-state index contributed by atoms with van der Waals surface area (Å²) in [5, 5.41) is 0.884. The number of hydrogen-bond donors (Lipinski definition) is 1. The van der Waals surface area contributed by atoms with Crippen LogP contribution in [0.2, 0.25) is 0 Å². The zero-order valence-electron chi connectivity index (χ0n) is 9.60. The number of nitrogens with zero attached hydrogens (tertiary/aromatic N) is 1. The molecule has 3 heteroatoms. The fourth-order valence-electron chi connectivity index (χ4n) is 1.91. The summed E-state index contributed by atoms with van der Waals surface area (Å²) >= 11 is 0. The summed E-state index contributed by atoms with van der Waals surface area (Å²) in [5.41, 5.74) is 2.92. The first-order chi connectivity index (χ1) is 8.83. The van der Waals surface area contributed by atoms with Crippen molar-refractivity contribution in [3.63, 3.8) is 0 Å². The smallest absolute Gasteiger partial charge is 0.123 e. The zero-order valence-corrected chi connectivity index (χ0v) is 9.60. The van der Waals surface area contributed by atoms with Crippen LogP contribution in [0.25, 0.3) is 23.1 Å². The van der Waals surface area contributed by atoms with Crippen molar-refractivity contribution in [1.82, 2.24) is 9.97 Å². The second-order valence-electron chi connectivity index (χ2n) is 4.05. The van der Waals surface area contributed by atoms with E-state index in [1.807, 2.05) is 30.5 Å². The van der Waals surface area contributed by atoms with E-state index in [0.717, 1.165) is 22.0 Å². The van der Waals surface area contributed by atoms with Gasteiger partial charge in [0.25, 0.3) is 0 Å². The Morgan fingerprint density at radius 3 is 2.94 bits per heavy atom. The third-order valence-electron chi connectivity index (χ3n) is 2.82. The van der Waals surface area contributed by atoms with Crippen LogP contribution >= 0.6 is 0 Å². The summed E-state index contributed by atoms with van der Waals surface area (Å²) in [6.45, 7) is 0. The fourth-order valence-corrected chi connectivity index (χ4v) is 1.91. The highest BCUT2D eigenvalue weighted by Gasteiger charge is 2.01. The van der Waals surface area contributed by atoms with Crippen LogP contribution in [0.15, 0.2) is 48.9 Å². The highest BCUT2D eigenvalue weighted by atomic mass is 19.1. The lowest BCUT2D eigenvalue weighted by molar-refractivity contribution is 0.629. The largest absolute Gasteiger partial charge is 0.361 e. The average Bonchev–Trinajstić information content (AvgIpc) is 2.80. The molecule has 1 aromatic carbocycles. The van der Waals surface area contributed by atoms with E-state index in [1.54, 1.807) is 18.5 Å². The molecule has 0 aliphatic heterocycles. The van der Waals surface area contributed by atoms with Crippen molar-refractivity contribution in [2.45, 2.75) is 0 Å². The average molecular weight is 238 g/mol. The first-order valence-corrected chi connectivity index (χ1v) is 5.68. The molecular formula is C15H11FN2. The monoisotopic (exact) mass is 238 g/mol. The minimum Gasteiger partial charge on any atom is -0.361 e. The van der Waals surface area contributed by atoms with E-state index in [2.05, 4.69) is 9.97 Å². The Hall–Kier alpha value is -2.42. The van der Waals surface area contributed by atoms with Gasteiger partial charge in [0.05, 0.1) is 0 Å². The third-order valence-corrected chi connectivity index (χ3v) is 2.82. The molecule has 0 saturated carbocycles. The topological polar surface area (TPSA) is 28.7 Å². The summed E-state index contributed by atoms with van der Waals surface area (Å²) in [6.07, 6.45) is 9.30. The van der Waals surface area contributed by atoms with Crippen LogP contribution < -0.4 is 0 Å². The number of fused-ring (bicyclic) bond motifs is 1. The fraction of sp³-hybridized carbons (Fsp3) is 0. The van der Waals surface area contributed by atoms with Gasteiger partial charge in [0.15, 0.2) is 0 Å². The molecule has 2 aromatic heterocycles. The summed E-state index contributed by atoms with van der Waals surface area (Å²) in [6, 6.07) is 8.59. The zero-order chi connectivity index (χ0) is 12.4. The number of halogens is 1. The Morgan fingerprint density at radius 2 is 2.11 bits per heavy atom. The minimum atomic E-state index is -0.224. The van der Waals surface area contributed by atoms with Gasteiger partial charge in [0, 0.05) is 29.5 Å². The van der Waals surface area contributed by atoms with Crippen molar-refractivity contribution in [1.29, 1.82) is 0 Å². The van der Waals surface area contributed by atoms with Crippen LogP contribution in [0.3, 0.4) is 0 Å². The van der Waals surface area contributed by atoms with Crippen molar-refractivity contribution < 1.29 is 4.39 Å². The van der Waals surface area contributed by atoms with Gasteiger partial charge in [-0.2, -0.15) is 0 Å². The van der Waals surface area contributed by atoms with Gasteiger partial charge in [-0.05, 0) is 35.4 Å². The van der Waals surface area contributed by atoms with Gasteiger partial charge in [0.2, 0.25) is 0 Å². The summed E-state index contributed by atoms with van der Waals surface area (Å²) in [4.78, 5) is 7.16. The molecular weight excluding hydrogens is 227 g/mol. The van der Waals surface area contributed by atoms with Crippen molar-refractivity contribution in [3.05, 3.63) is 65.9 Å². The number of H-pyrrole nitrogens is 1. The number of benzene rings is 1. The van der Waals surface area contributed by atoms with Crippen LogP contribution in [0.1, 0.15) is 11.1 Å². The molecule has 0 aliphatic rings. The molecule has 88 valence electrons. The Labute approximate surface area is 104 Å². The molecule has 0 amide bonds. The van der Waals surface area contributed by atoms with Crippen molar-refractivity contribution in [2.75, 3.05) is 0 Å². The van der Waals surface area contributed by atoms with Gasteiger partial charge >= 0.3 is 0 Å². The van der Waals surface area contributed by atoms with Crippen LogP contribution in [0, 0.1) is 5.82 Å². The van der Waals surface area contributed by atoms with E-state index in [9.17, 15) is 4.39 Å². The molecule has 3 aromatic rings. The Balaban J connectivity index is 2.00. The van der Waals surface area contributed by atoms with Crippen molar-refractivity contribution in [3.8, 4) is 0 Å². The minimum absolute atomic E-state index is 0.224. The highest BCUT2D eigenvalue weighted by Crippen LogP contribution is 2.21. The third kappa shape index (κ3) is 2.02. The molecule has 0 aliphatic carbocycles. The maximum atomic E-state index is 13.2. The molecule has 0 unspecified atom stereocenters. The van der Waals surface area contributed by atoms with Crippen molar-refractivity contribution in [2.24, 2.45) is 0 Å². The van der Waals surface area contributed by atoms with Gasteiger partial charge in [-0.25, -0.2) is 4.39 Å². The second kappa shape index (κ2) is 4.45. The SMILES string of the molecule is Fc1ccc2[nH]cc(C=Cc3cccnc3)c2c1. The number of hydrogen-bond acceptors (Lipinski definition) is 1. The van der Waals surface area contributed by atoms with E-state index >= 15 is 0 Å². The Kier molecular flexibility index (Phi) is 2.65. The first kappa shape index (κ1) is 10.7. The molecule has 2 heterocycles. The first-order valence-electron chi connectivity index (χ1n) is 5.68. The maximum Gasteiger partial charge on any atom is 0.123 e. The molecule has 0 bridgehead atoms. The summed E-state index contributed by atoms with van der Waals surface area (Å²) in [7, 11) is 0. The van der Waals surface area contributed by atoms with Crippen LogP contribution in [-0.2, 0) is 0 Å². The normalized spacial score (nSPS) is 11.4. The molecule has 0 atom stereocenters. The highest BCUT2D eigenvalue weighted by molar-refractivity contribution is 5.91. The van der Waals surface area contributed by atoms with Gasteiger partial charge in [-0.15, -0.1) is 0 Å². The van der Waals surface area contributed by atoms with E-state index in [0.29, 0.717) is 0 Å². The summed E-state index contributed by atoms with van der Waals surface area (Å²) < 4.78 is 13.2. The molecule has 2 nitrogen and oxygen atoms in total. The summed E-state index contributed by atoms with van der Waals surface area (Å²) in [5.74, 6) is -0.224. The molecule has 0 radical (unpaired) electrons. The van der Waals surface area contributed by atoms with Crippen LogP contribution in [0.5, 0.6) is 0 Å². The molecule has 1 N–H and O–H groups in total. The van der Waals surface area contributed by atoms with Crippen molar-refractivity contribution >= 4 is 23.1 Å². The van der Waals surface area contributed by atoms with Gasteiger partial charge in [0.1, 0.15) is 5.82 Å². The Morgan fingerprint density at radius 1 is 1.17 bits per heavy atom. The lowest BCUT2D eigenvalue weighted by Gasteiger charge is -1.93. The van der Waals surface area contributed by atoms with Crippen LogP contribution in [-0.4, -0.2) is 9.97 Å². The van der Waals surface area contributed by atoms with E-state index in [4.69, 9.17) is 0 Å². The molecule has 0 spiro atoms. The van der Waals surface area contributed by atoms with E-state index in [1.165, 1.54) is 12.1 Å². The number of rotatable bonds is 2. The van der Waals surface area contributed by atoms with E-state index in [-0.39, 0.29) is 5.82 Å². The number of aromatic amines is 1. The number of nitrogens with one attached hydrogen (secondary N) is 1. The number of aromatic nitrogens is 2. The quantitative estimate of drug-likeness (QED) is 0.721. The molecule has 18 heavy (non-hydrogen) atoms. The Bertz CT molecular complexity index is 699. The van der Waals surface area contributed by atoms with Gasteiger partial charge in [-0.1, -0.05) is 18.2 Å². The lowest BCUT2D eigenvalue weighted by Crippen LogP contribution is -1.75. The predicted octanol–water partition coefficient (Wildman–Crippen LogP) is 3.87. The maximum absolute atomic E-state index is 13.2. The van der Waals surface area contributed by atoms with Gasteiger partial charge in [-0.3, -0.25) is 4.98 Å². The van der Waals surface area contributed by atoms with Crippen LogP contribution in [0.4, 0.5) is 4.39 Å². The number of pyridine rings is 1. The van der Waals surface area contributed by atoms with Gasteiger partial charge < -0.3 is 4.98 Å². The predicted molar refractivity (Wildman–Crippen MR) is 71.4 cm³/mol. The molecule has 0 saturated heterocycles. The molecule has 0 fully saturated rings. The second-order valence-corrected chi connectivity index (χ2v) is 4.05. The standard InChI is InChI=1S/C15H11FN2/c16-13-5-6-15-14(8-13)12(10-18-15)4-3-11-2-1-7-17-9-11/h1-10,18H. The van der Waals surface area contributed by atoms with E-state index < -0.39 is 0 Å².